The zero-order chi connectivity index (χ0) is 18.7. The first kappa shape index (κ1) is 18.3. The fourth-order valence-corrected chi connectivity index (χ4v) is 7.33. The monoisotopic (exact) mass is 362 g/mol. The largest absolute Gasteiger partial charge is 0.394 e. The number of carbonyl (C=O) groups is 2. The lowest BCUT2D eigenvalue weighted by atomic mass is 9.45. The van der Waals surface area contributed by atoms with Crippen molar-refractivity contribution in [1.82, 2.24) is 0 Å². The van der Waals surface area contributed by atoms with Gasteiger partial charge in [-0.1, -0.05) is 12.5 Å². The van der Waals surface area contributed by atoms with Gasteiger partial charge in [-0.3, -0.25) is 4.79 Å². The van der Waals surface area contributed by atoms with Gasteiger partial charge >= 0.3 is 0 Å². The summed E-state index contributed by atoms with van der Waals surface area (Å²) in [5, 5.41) is 30.9. The van der Waals surface area contributed by atoms with Crippen molar-refractivity contribution < 1.29 is 24.9 Å². The SMILES string of the molecule is C[C@]12CCC(=O)C=C1CC[C@@H]1[C@@H]2[C@@H](O)C[C@]2(C=O)[C@@H]([C@@H](O)CO)CC[C@@H]12. The summed E-state index contributed by atoms with van der Waals surface area (Å²) in [6.07, 6.45) is 6.26. The van der Waals surface area contributed by atoms with E-state index in [4.69, 9.17) is 0 Å². The second kappa shape index (κ2) is 6.25. The molecule has 3 N–H and O–H groups in total. The molecular weight excluding hydrogens is 332 g/mol. The lowest BCUT2D eigenvalue weighted by Gasteiger charge is -2.59. The molecule has 26 heavy (non-hydrogen) atoms. The molecule has 0 amide bonds. The van der Waals surface area contributed by atoms with Gasteiger partial charge in [0.05, 0.1) is 18.8 Å². The molecule has 0 aromatic rings. The van der Waals surface area contributed by atoms with E-state index in [0.717, 1.165) is 38.4 Å². The van der Waals surface area contributed by atoms with E-state index < -0.39 is 17.6 Å². The minimum atomic E-state index is -0.907. The van der Waals surface area contributed by atoms with Crippen molar-refractivity contribution >= 4 is 12.1 Å². The maximum absolute atomic E-state index is 12.3. The molecule has 4 aliphatic carbocycles. The molecule has 3 saturated carbocycles. The van der Waals surface area contributed by atoms with E-state index in [1.54, 1.807) is 6.08 Å². The molecule has 5 nitrogen and oxygen atoms in total. The van der Waals surface area contributed by atoms with E-state index in [0.29, 0.717) is 12.8 Å². The molecule has 0 heterocycles. The molecule has 4 rings (SSSR count). The molecule has 0 aromatic heterocycles. The van der Waals surface area contributed by atoms with Crippen LogP contribution < -0.4 is 0 Å². The van der Waals surface area contributed by atoms with E-state index in [2.05, 4.69) is 6.92 Å². The summed E-state index contributed by atoms with van der Waals surface area (Å²) < 4.78 is 0. The molecule has 8 atom stereocenters. The number of hydrogen-bond acceptors (Lipinski definition) is 5. The highest BCUT2D eigenvalue weighted by molar-refractivity contribution is 5.91. The first-order chi connectivity index (χ1) is 12.4. The number of aliphatic hydroxyl groups is 3. The Kier molecular flexibility index (Phi) is 4.41. The number of hydrogen-bond donors (Lipinski definition) is 3. The van der Waals surface area contributed by atoms with Crippen LogP contribution in [-0.4, -0.2) is 46.2 Å². The molecule has 3 fully saturated rings. The van der Waals surface area contributed by atoms with E-state index in [9.17, 15) is 24.9 Å². The average molecular weight is 362 g/mol. The predicted molar refractivity (Wildman–Crippen MR) is 95.1 cm³/mol. The highest BCUT2D eigenvalue weighted by atomic mass is 16.3. The Morgan fingerprint density at radius 1 is 1.31 bits per heavy atom. The van der Waals surface area contributed by atoms with Crippen LogP contribution in [0.25, 0.3) is 0 Å². The Hall–Kier alpha value is -1.04. The van der Waals surface area contributed by atoms with Crippen molar-refractivity contribution in [2.75, 3.05) is 6.61 Å². The molecule has 0 aliphatic heterocycles. The van der Waals surface area contributed by atoms with Gasteiger partial charge in [0.15, 0.2) is 5.78 Å². The molecular formula is C21H30O5. The molecule has 0 unspecified atom stereocenters. The maximum Gasteiger partial charge on any atom is 0.155 e. The second-order valence-electron chi connectivity index (χ2n) is 9.32. The van der Waals surface area contributed by atoms with Gasteiger partial charge in [0.25, 0.3) is 0 Å². The van der Waals surface area contributed by atoms with Gasteiger partial charge < -0.3 is 20.1 Å². The highest BCUT2D eigenvalue weighted by Gasteiger charge is 2.64. The van der Waals surface area contributed by atoms with Gasteiger partial charge in [-0.25, -0.2) is 0 Å². The highest BCUT2D eigenvalue weighted by Crippen LogP contribution is 2.66. The van der Waals surface area contributed by atoms with Crippen LogP contribution >= 0.6 is 0 Å². The van der Waals surface area contributed by atoms with Crippen molar-refractivity contribution in [2.24, 2.45) is 34.5 Å². The molecule has 0 saturated heterocycles. The predicted octanol–water partition coefficient (Wildman–Crippen LogP) is 1.64. The lowest BCUT2D eigenvalue weighted by Crippen LogP contribution is -2.58. The van der Waals surface area contributed by atoms with Crippen molar-refractivity contribution in [2.45, 2.75) is 64.1 Å². The summed E-state index contributed by atoms with van der Waals surface area (Å²) in [5.41, 5.74) is 0.279. The van der Waals surface area contributed by atoms with Gasteiger partial charge in [0.2, 0.25) is 0 Å². The summed E-state index contributed by atoms with van der Waals surface area (Å²) in [6.45, 7) is 1.85. The summed E-state index contributed by atoms with van der Waals surface area (Å²) >= 11 is 0. The van der Waals surface area contributed by atoms with Crippen LogP contribution in [0.5, 0.6) is 0 Å². The van der Waals surface area contributed by atoms with Gasteiger partial charge in [-0.05, 0) is 73.7 Å². The summed E-state index contributed by atoms with van der Waals surface area (Å²) in [6, 6.07) is 0. The standard InChI is InChI=1S/C21H30O5/c1-20-7-6-13(24)8-12(20)2-3-14-15-4-5-16(18(26)10-22)21(15,11-23)9-17(25)19(14)20/h8,11,14-19,22,25-26H,2-7,9-10H2,1H3/t14-,15-,16+,17-,18-,19+,20-,21+/m0/s1. The smallest absolute Gasteiger partial charge is 0.155 e. The third-order valence-corrected chi connectivity index (χ3v) is 8.44. The van der Waals surface area contributed by atoms with Crippen molar-refractivity contribution in [3.63, 3.8) is 0 Å². The number of rotatable bonds is 3. The summed E-state index contributed by atoms with van der Waals surface area (Å²) in [5.74, 6) is 0.364. The van der Waals surface area contributed by atoms with Crippen LogP contribution in [0.3, 0.4) is 0 Å². The third-order valence-electron chi connectivity index (χ3n) is 8.44. The Bertz CT molecular complexity index is 642. The average Bonchev–Trinajstić information content (AvgIpc) is 3.00. The normalized spacial score (nSPS) is 48.8. The fourth-order valence-electron chi connectivity index (χ4n) is 7.33. The van der Waals surface area contributed by atoms with Crippen LogP contribution in [0.1, 0.15) is 51.9 Å². The number of aliphatic hydroxyl groups excluding tert-OH is 3. The second-order valence-corrected chi connectivity index (χ2v) is 9.32. The fraction of sp³-hybridized carbons (Fsp3) is 0.810. The van der Waals surface area contributed by atoms with Crippen LogP contribution in [0, 0.1) is 34.5 Å². The summed E-state index contributed by atoms with van der Waals surface area (Å²) in [7, 11) is 0. The number of aldehydes is 1. The molecule has 144 valence electrons. The molecule has 0 aromatic carbocycles. The Labute approximate surface area is 154 Å². The Balaban J connectivity index is 1.72. The van der Waals surface area contributed by atoms with E-state index in [-0.39, 0.29) is 41.5 Å². The number of ketones is 1. The first-order valence-electron chi connectivity index (χ1n) is 10.0. The minimum absolute atomic E-state index is 0.0682. The van der Waals surface area contributed by atoms with Crippen LogP contribution in [0.4, 0.5) is 0 Å². The molecule has 4 aliphatic rings. The van der Waals surface area contributed by atoms with E-state index in [1.807, 2.05) is 0 Å². The number of fused-ring (bicyclic) bond motifs is 5. The third kappa shape index (κ3) is 2.33. The van der Waals surface area contributed by atoms with Crippen LogP contribution in [-0.2, 0) is 9.59 Å². The quantitative estimate of drug-likeness (QED) is 0.664. The van der Waals surface area contributed by atoms with Crippen molar-refractivity contribution in [3.8, 4) is 0 Å². The van der Waals surface area contributed by atoms with Gasteiger partial charge in [-0.15, -0.1) is 0 Å². The van der Waals surface area contributed by atoms with Gasteiger partial charge in [0, 0.05) is 11.8 Å². The number of allylic oxidation sites excluding steroid dienone is 1. The lowest BCUT2D eigenvalue weighted by molar-refractivity contribution is -0.158. The molecule has 0 spiro atoms. The zero-order valence-corrected chi connectivity index (χ0v) is 15.4. The topological polar surface area (TPSA) is 94.8 Å². The van der Waals surface area contributed by atoms with Crippen molar-refractivity contribution in [3.05, 3.63) is 11.6 Å². The van der Waals surface area contributed by atoms with Crippen LogP contribution in [0.15, 0.2) is 11.6 Å². The molecule has 0 radical (unpaired) electrons. The van der Waals surface area contributed by atoms with Crippen LogP contribution in [0.2, 0.25) is 0 Å². The maximum atomic E-state index is 12.3. The van der Waals surface area contributed by atoms with Gasteiger partial charge in [0.1, 0.15) is 6.29 Å². The zero-order valence-electron chi connectivity index (χ0n) is 15.4. The summed E-state index contributed by atoms with van der Waals surface area (Å²) in [4.78, 5) is 24.2. The van der Waals surface area contributed by atoms with Crippen molar-refractivity contribution in [1.29, 1.82) is 0 Å². The molecule has 5 heteroatoms. The molecule has 0 bridgehead atoms. The number of carbonyl (C=O) groups excluding carboxylic acids is 2. The Morgan fingerprint density at radius 2 is 2.08 bits per heavy atom. The first-order valence-corrected chi connectivity index (χ1v) is 10.0. The minimum Gasteiger partial charge on any atom is -0.394 e. The van der Waals surface area contributed by atoms with E-state index >= 15 is 0 Å². The Morgan fingerprint density at radius 3 is 2.77 bits per heavy atom. The van der Waals surface area contributed by atoms with Gasteiger partial charge in [-0.2, -0.15) is 0 Å². The van der Waals surface area contributed by atoms with E-state index in [1.165, 1.54) is 5.57 Å².